The van der Waals surface area contributed by atoms with Gasteiger partial charge in [0.2, 0.25) is 0 Å². The molecule has 11 heteroatoms. The minimum Gasteiger partial charge on any atom is -0.507 e. The molecule has 31 heavy (non-hydrogen) atoms. The number of allylic oxidation sites excluding steroid dienone is 1. The summed E-state index contributed by atoms with van der Waals surface area (Å²) >= 11 is 0. The van der Waals surface area contributed by atoms with Crippen molar-refractivity contribution in [2.24, 2.45) is 0 Å². The van der Waals surface area contributed by atoms with Crippen molar-refractivity contribution in [2.45, 2.75) is 39.9 Å². The van der Waals surface area contributed by atoms with E-state index in [1.807, 2.05) is 13.0 Å². The summed E-state index contributed by atoms with van der Waals surface area (Å²) in [5, 5.41) is 22.3. The number of carboxylic acid groups (broad SMARTS) is 1. The van der Waals surface area contributed by atoms with E-state index in [1.165, 1.54) is 14.0 Å². The van der Waals surface area contributed by atoms with Crippen LogP contribution in [0.2, 0.25) is 0 Å². The van der Waals surface area contributed by atoms with Gasteiger partial charge in [0.1, 0.15) is 23.7 Å². The van der Waals surface area contributed by atoms with Crippen LogP contribution in [0.3, 0.4) is 0 Å². The van der Waals surface area contributed by atoms with Gasteiger partial charge in [0.15, 0.2) is 6.10 Å². The molecule has 0 fully saturated rings. The number of nitrogens with one attached hydrogen (secondary N) is 1. The number of phenols is 1. The lowest BCUT2D eigenvalue weighted by Gasteiger charge is -2.16. The Bertz CT molecular complexity index is 941. The van der Waals surface area contributed by atoms with Gasteiger partial charge in [0.25, 0.3) is 0 Å². The zero-order valence-electron chi connectivity index (χ0n) is 17.9. The number of carbonyl (C=O) groups excluding carboxylic acids is 1. The van der Waals surface area contributed by atoms with Crippen LogP contribution in [0.5, 0.6) is 11.5 Å². The summed E-state index contributed by atoms with van der Waals surface area (Å²) in [6.45, 7) is 5.48. The second kappa shape index (κ2) is 10.3. The zero-order chi connectivity index (χ0) is 23.3. The average molecular weight is 457 g/mol. The van der Waals surface area contributed by atoms with E-state index in [0.717, 1.165) is 11.1 Å². The normalized spacial score (nSPS) is 16.4. The first-order valence-electron chi connectivity index (χ1n) is 9.66. The Morgan fingerprint density at radius 1 is 1.42 bits per heavy atom. The second-order valence-electron chi connectivity index (χ2n) is 7.29. The van der Waals surface area contributed by atoms with Crippen LogP contribution >= 0.6 is 7.60 Å². The number of aromatic hydroxyl groups is 1. The minimum absolute atomic E-state index is 0.104. The molecule has 1 aromatic rings. The molecule has 0 bridgehead atoms. The number of fused-ring (bicyclic) bond motifs is 1. The molecule has 1 aliphatic rings. The maximum absolute atomic E-state index is 12.0. The average Bonchev–Trinajstić information content (AvgIpc) is 3.08. The summed E-state index contributed by atoms with van der Waals surface area (Å²) in [5.74, 6) is -1.52. The molecule has 1 heterocycles. The van der Waals surface area contributed by atoms with Gasteiger partial charge in [0, 0.05) is 24.2 Å². The van der Waals surface area contributed by atoms with Crippen molar-refractivity contribution in [2.75, 3.05) is 26.4 Å². The largest absolute Gasteiger partial charge is 0.507 e. The number of rotatable bonds is 11. The molecule has 2 atom stereocenters. The van der Waals surface area contributed by atoms with Crippen LogP contribution in [0.1, 0.15) is 40.9 Å². The third-order valence-corrected chi connectivity index (χ3v) is 6.38. The van der Waals surface area contributed by atoms with E-state index in [0.29, 0.717) is 29.8 Å². The third-order valence-electron chi connectivity index (χ3n) is 4.95. The van der Waals surface area contributed by atoms with Gasteiger partial charge in [-0.15, -0.1) is 0 Å². The monoisotopic (exact) mass is 457 g/mol. The number of esters is 1. The molecule has 0 saturated heterocycles. The molecule has 0 aliphatic carbocycles. The smallest absolute Gasteiger partial charge is 0.342 e. The van der Waals surface area contributed by atoms with Gasteiger partial charge in [-0.3, -0.25) is 9.09 Å². The fourth-order valence-corrected chi connectivity index (χ4v) is 4.36. The van der Waals surface area contributed by atoms with Crippen LogP contribution in [-0.4, -0.2) is 59.5 Å². The highest BCUT2D eigenvalue weighted by Crippen LogP contribution is 2.43. The van der Waals surface area contributed by atoms with E-state index in [1.54, 1.807) is 6.92 Å². The predicted molar refractivity (Wildman–Crippen MR) is 112 cm³/mol. The number of methoxy groups -OCH3 is 1. The van der Waals surface area contributed by atoms with Gasteiger partial charge in [-0.1, -0.05) is 11.6 Å². The highest BCUT2D eigenvalue weighted by molar-refractivity contribution is 7.52. The molecule has 0 spiro atoms. The number of hydrogen-bond donors (Lipinski definition) is 4. The summed E-state index contributed by atoms with van der Waals surface area (Å²) in [6, 6.07) is 0. The van der Waals surface area contributed by atoms with Gasteiger partial charge in [-0.2, -0.15) is 0 Å². The van der Waals surface area contributed by atoms with Crippen LogP contribution < -0.4 is 10.1 Å². The molecular formula is C20H28NO9P. The Morgan fingerprint density at radius 3 is 2.71 bits per heavy atom. The highest BCUT2D eigenvalue weighted by Gasteiger charge is 2.32. The summed E-state index contributed by atoms with van der Waals surface area (Å²) in [4.78, 5) is 32.4. The van der Waals surface area contributed by atoms with Crippen LogP contribution in [0.4, 0.5) is 0 Å². The first-order valence-corrected chi connectivity index (χ1v) is 11.4. The number of phenolic OH excluding ortho intramolecular Hbond substituents is 1. The third kappa shape index (κ3) is 6.07. The number of cyclic esters (lactones) is 1. The van der Waals surface area contributed by atoms with Crippen molar-refractivity contribution >= 4 is 19.5 Å². The van der Waals surface area contributed by atoms with Gasteiger partial charge in [0.05, 0.1) is 13.3 Å². The lowest BCUT2D eigenvalue weighted by Crippen LogP contribution is -2.23. The van der Waals surface area contributed by atoms with E-state index in [4.69, 9.17) is 14.6 Å². The van der Waals surface area contributed by atoms with Gasteiger partial charge in [-0.25, -0.2) is 9.59 Å². The SMILES string of the molecule is COc1c(C)c2c(c(O)c1C/C=C(\C)CNCCP(=O)(O)OC(C)C(=O)O)C(=O)OC2. The Kier molecular flexibility index (Phi) is 8.25. The first kappa shape index (κ1) is 24.9. The first-order chi connectivity index (χ1) is 14.5. The molecule has 172 valence electrons. The molecule has 4 N–H and O–H groups in total. The van der Waals surface area contributed by atoms with Crippen molar-refractivity contribution in [3.8, 4) is 11.5 Å². The second-order valence-corrected chi connectivity index (χ2v) is 9.23. The van der Waals surface area contributed by atoms with Gasteiger partial charge < -0.3 is 29.9 Å². The molecule has 2 unspecified atom stereocenters. The van der Waals surface area contributed by atoms with Gasteiger partial charge >= 0.3 is 19.5 Å². The Labute approximate surface area is 180 Å². The molecule has 2 rings (SSSR count). The fraction of sp³-hybridized carbons (Fsp3) is 0.500. The maximum atomic E-state index is 12.0. The topological polar surface area (TPSA) is 152 Å². The highest BCUT2D eigenvalue weighted by atomic mass is 31.2. The van der Waals surface area contributed by atoms with Crippen molar-refractivity contribution in [1.29, 1.82) is 0 Å². The lowest BCUT2D eigenvalue weighted by molar-refractivity contribution is -0.144. The zero-order valence-corrected chi connectivity index (χ0v) is 18.8. The van der Waals surface area contributed by atoms with E-state index < -0.39 is 25.6 Å². The summed E-state index contributed by atoms with van der Waals surface area (Å²) in [6.07, 6.45) is 0.548. The van der Waals surface area contributed by atoms with Gasteiger partial charge in [-0.05, 0) is 32.8 Å². The summed E-state index contributed by atoms with van der Waals surface area (Å²) in [7, 11) is -2.52. The van der Waals surface area contributed by atoms with Crippen molar-refractivity contribution in [3.05, 3.63) is 33.9 Å². The number of carboxylic acids is 1. The van der Waals surface area contributed by atoms with E-state index in [-0.39, 0.29) is 30.6 Å². The maximum Gasteiger partial charge on any atom is 0.342 e. The van der Waals surface area contributed by atoms with Crippen molar-refractivity contribution in [1.82, 2.24) is 5.32 Å². The molecule has 1 aliphatic heterocycles. The molecule has 0 saturated carbocycles. The number of ether oxygens (including phenoxy) is 2. The Morgan fingerprint density at radius 2 is 2.10 bits per heavy atom. The predicted octanol–water partition coefficient (Wildman–Crippen LogP) is 2.13. The number of aliphatic carboxylic acids is 1. The van der Waals surface area contributed by atoms with Crippen LogP contribution in [-0.2, 0) is 31.6 Å². The molecule has 0 radical (unpaired) electrons. The van der Waals surface area contributed by atoms with E-state index in [9.17, 15) is 24.2 Å². The quantitative estimate of drug-likeness (QED) is 0.168. The van der Waals surface area contributed by atoms with Crippen molar-refractivity contribution < 1.29 is 43.3 Å². The Hall–Kier alpha value is -2.39. The summed E-state index contributed by atoms with van der Waals surface area (Å²) in [5.41, 5.74) is 2.90. The standard InChI is InChI=1S/C20H28NO9P/c1-11(9-21-7-8-31(26,27)30-13(3)19(23)24)5-6-14-17(22)16-15(10-29-20(16)25)12(2)18(14)28-4/h5,13,21-22H,6-10H2,1-4H3,(H,23,24)(H,26,27)/b11-5+. The Balaban J connectivity index is 1.98. The molecular weight excluding hydrogens is 429 g/mol. The van der Waals surface area contributed by atoms with E-state index >= 15 is 0 Å². The number of hydrogen-bond acceptors (Lipinski definition) is 8. The molecule has 10 nitrogen and oxygen atoms in total. The van der Waals surface area contributed by atoms with Crippen LogP contribution in [0.25, 0.3) is 0 Å². The molecule has 1 aromatic carbocycles. The minimum atomic E-state index is -4.02. The molecule has 0 aromatic heterocycles. The fourth-order valence-electron chi connectivity index (χ4n) is 3.23. The van der Waals surface area contributed by atoms with Crippen LogP contribution in [0.15, 0.2) is 11.6 Å². The summed E-state index contributed by atoms with van der Waals surface area (Å²) < 4.78 is 27.0. The molecule has 0 amide bonds. The number of carbonyl (C=O) groups is 2. The number of benzene rings is 1. The van der Waals surface area contributed by atoms with Crippen molar-refractivity contribution in [3.63, 3.8) is 0 Å². The van der Waals surface area contributed by atoms with Crippen LogP contribution in [0, 0.1) is 6.92 Å². The lowest BCUT2D eigenvalue weighted by atomic mass is 9.95. The van der Waals surface area contributed by atoms with E-state index in [2.05, 4.69) is 9.84 Å².